The SMILES string of the molecule is CNC(c1cc2c(cc1C)OCO2)C1(C#N)CC1. The van der Waals surface area contributed by atoms with Gasteiger partial charge in [0.25, 0.3) is 0 Å². The molecule has 2 aliphatic rings. The zero-order chi connectivity index (χ0) is 12.8. The van der Waals surface area contributed by atoms with Crippen LogP contribution in [0.1, 0.15) is 30.0 Å². The van der Waals surface area contributed by atoms with Crippen molar-refractivity contribution in [2.75, 3.05) is 13.8 Å². The largest absolute Gasteiger partial charge is 0.454 e. The van der Waals surface area contributed by atoms with Gasteiger partial charge in [-0.15, -0.1) is 0 Å². The number of hydrogen-bond donors (Lipinski definition) is 1. The van der Waals surface area contributed by atoms with Crippen molar-refractivity contribution in [2.24, 2.45) is 5.41 Å². The molecule has 1 aliphatic heterocycles. The molecule has 1 aliphatic carbocycles. The van der Waals surface area contributed by atoms with E-state index in [1.807, 2.05) is 19.2 Å². The maximum atomic E-state index is 9.36. The van der Waals surface area contributed by atoms with Crippen molar-refractivity contribution in [1.29, 1.82) is 5.26 Å². The lowest BCUT2D eigenvalue weighted by molar-refractivity contribution is 0.174. The number of hydrogen-bond acceptors (Lipinski definition) is 4. The fourth-order valence-electron chi connectivity index (χ4n) is 2.70. The Morgan fingerprint density at radius 2 is 2.00 bits per heavy atom. The molecule has 0 saturated heterocycles. The van der Waals surface area contributed by atoms with Gasteiger partial charge in [-0.3, -0.25) is 0 Å². The summed E-state index contributed by atoms with van der Waals surface area (Å²) < 4.78 is 10.8. The summed E-state index contributed by atoms with van der Waals surface area (Å²) in [6, 6.07) is 6.53. The second-order valence-electron chi connectivity index (χ2n) is 5.05. The monoisotopic (exact) mass is 244 g/mol. The molecule has 1 N–H and O–H groups in total. The van der Waals surface area contributed by atoms with Gasteiger partial charge in [-0.25, -0.2) is 0 Å². The van der Waals surface area contributed by atoms with Crippen molar-refractivity contribution < 1.29 is 9.47 Å². The number of rotatable bonds is 3. The van der Waals surface area contributed by atoms with Crippen LogP contribution >= 0.6 is 0 Å². The van der Waals surface area contributed by atoms with Gasteiger partial charge in [-0.1, -0.05) is 0 Å². The van der Waals surface area contributed by atoms with Crippen LogP contribution in [0, 0.1) is 23.7 Å². The van der Waals surface area contributed by atoms with Gasteiger partial charge in [0.2, 0.25) is 6.79 Å². The fraction of sp³-hybridized carbons (Fsp3) is 0.500. The molecular formula is C14H16N2O2. The molecule has 1 fully saturated rings. The molecule has 18 heavy (non-hydrogen) atoms. The van der Waals surface area contributed by atoms with Crippen LogP contribution in [0.15, 0.2) is 12.1 Å². The van der Waals surface area contributed by atoms with Gasteiger partial charge in [0.05, 0.1) is 17.5 Å². The van der Waals surface area contributed by atoms with Crippen LogP contribution in [0.5, 0.6) is 11.5 Å². The lowest BCUT2D eigenvalue weighted by Crippen LogP contribution is -2.26. The van der Waals surface area contributed by atoms with Crippen molar-refractivity contribution in [1.82, 2.24) is 5.32 Å². The molecule has 0 aromatic heterocycles. The summed E-state index contributed by atoms with van der Waals surface area (Å²) in [7, 11) is 1.91. The summed E-state index contributed by atoms with van der Waals surface area (Å²) in [4.78, 5) is 0. The zero-order valence-electron chi connectivity index (χ0n) is 10.6. The molecule has 3 rings (SSSR count). The third kappa shape index (κ3) is 1.55. The Kier molecular flexibility index (Phi) is 2.46. The summed E-state index contributed by atoms with van der Waals surface area (Å²) in [5, 5.41) is 12.6. The molecule has 1 aromatic carbocycles. The molecule has 0 radical (unpaired) electrons. The predicted molar refractivity (Wildman–Crippen MR) is 66.4 cm³/mol. The average Bonchev–Trinajstić information content (AvgIpc) is 3.03. The van der Waals surface area contributed by atoms with E-state index in [0.717, 1.165) is 35.5 Å². The highest BCUT2D eigenvalue weighted by molar-refractivity contribution is 5.50. The Morgan fingerprint density at radius 3 is 2.56 bits per heavy atom. The molecule has 1 saturated carbocycles. The van der Waals surface area contributed by atoms with Crippen LogP contribution < -0.4 is 14.8 Å². The van der Waals surface area contributed by atoms with Crippen LogP contribution in [0.3, 0.4) is 0 Å². The van der Waals surface area contributed by atoms with Crippen molar-refractivity contribution in [2.45, 2.75) is 25.8 Å². The van der Waals surface area contributed by atoms with Gasteiger partial charge in [-0.05, 0) is 50.1 Å². The van der Waals surface area contributed by atoms with Crippen molar-refractivity contribution in [3.8, 4) is 17.6 Å². The molecule has 0 spiro atoms. The third-order valence-corrected chi connectivity index (χ3v) is 3.92. The van der Waals surface area contributed by atoms with Gasteiger partial charge >= 0.3 is 0 Å². The Balaban J connectivity index is 2.03. The molecule has 94 valence electrons. The highest BCUT2D eigenvalue weighted by atomic mass is 16.7. The van der Waals surface area contributed by atoms with Crippen LogP contribution in [0.4, 0.5) is 0 Å². The topological polar surface area (TPSA) is 54.3 Å². The first-order chi connectivity index (χ1) is 8.70. The van der Waals surface area contributed by atoms with Crippen LogP contribution in [0.25, 0.3) is 0 Å². The van der Waals surface area contributed by atoms with E-state index >= 15 is 0 Å². The zero-order valence-corrected chi connectivity index (χ0v) is 10.6. The van der Waals surface area contributed by atoms with Crippen LogP contribution in [-0.2, 0) is 0 Å². The first kappa shape index (κ1) is 11.4. The van der Waals surface area contributed by atoms with E-state index in [-0.39, 0.29) is 18.2 Å². The van der Waals surface area contributed by atoms with E-state index < -0.39 is 0 Å². The molecule has 1 atom stereocenters. The molecule has 0 amide bonds. The van der Waals surface area contributed by atoms with Crippen molar-refractivity contribution in [3.05, 3.63) is 23.3 Å². The Labute approximate surface area is 107 Å². The molecule has 4 heteroatoms. The number of benzene rings is 1. The van der Waals surface area contributed by atoms with Gasteiger partial charge in [0.1, 0.15) is 0 Å². The molecule has 1 aromatic rings. The maximum absolute atomic E-state index is 9.36. The average molecular weight is 244 g/mol. The quantitative estimate of drug-likeness (QED) is 0.886. The first-order valence-corrected chi connectivity index (χ1v) is 6.19. The smallest absolute Gasteiger partial charge is 0.231 e. The summed E-state index contributed by atoms with van der Waals surface area (Å²) in [5.41, 5.74) is 2.04. The highest BCUT2D eigenvalue weighted by Gasteiger charge is 2.50. The number of nitrogens with zero attached hydrogens (tertiary/aromatic N) is 1. The molecular weight excluding hydrogens is 228 g/mol. The van der Waals surface area contributed by atoms with E-state index in [4.69, 9.17) is 9.47 Å². The maximum Gasteiger partial charge on any atom is 0.231 e. The van der Waals surface area contributed by atoms with E-state index in [0.29, 0.717) is 0 Å². The summed E-state index contributed by atoms with van der Waals surface area (Å²) >= 11 is 0. The minimum Gasteiger partial charge on any atom is -0.454 e. The van der Waals surface area contributed by atoms with Gasteiger partial charge in [0, 0.05) is 0 Å². The number of nitrogens with one attached hydrogen (secondary N) is 1. The van der Waals surface area contributed by atoms with Crippen molar-refractivity contribution >= 4 is 0 Å². The predicted octanol–water partition coefficient (Wildman–Crippen LogP) is 2.29. The molecule has 4 nitrogen and oxygen atoms in total. The van der Waals surface area contributed by atoms with E-state index in [2.05, 4.69) is 18.3 Å². The third-order valence-electron chi connectivity index (χ3n) is 3.92. The number of nitriles is 1. The van der Waals surface area contributed by atoms with Gasteiger partial charge in [0.15, 0.2) is 11.5 Å². The number of aryl methyl sites for hydroxylation is 1. The fourth-order valence-corrected chi connectivity index (χ4v) is 2.70. The lowest BCUT2D eigenvalue weighted by atomic mass is 9.88. The van der Waals surface area contributed by atoms with Gasteiger partial charge < -0.3 is 14.8 Å². The molecule has 1 heterocycles. The summed E-state index contributed by atoms with van der Waals surface area (Å²) in [6.07, 6.45) is 1.92. The van der Waals surface area contributed by atoms with Crippen LogP contribution in [0.2, 0.25) is 0 Å². The highest BCUT2D eigenvalue weighted by Crippen LogP contribution is 2.55. The van der Waals surface area contributed by atoms with E-state index in [9.17, 15) is 5.26 Å². The standard InChI is InChI=1S/C14H16N2O2/c1-9-5-11-12(18-8-17-11)6-10(9)13(16-2)14(7-15)3-4-14/h5-6,13,16H,3-4,8H2,1-2H3. The first-order valence-electron chi connectivity index (χ1n) is 6.19. The lowest BCUT2D eigenvalue weighted by Gasteiger charge is -2.23. The van der Waals surface area contributed by atoms with Gasteiger partial charge in [-0.2, -0.15) is 5.26 Å². The van der Waals surface area contributed by atoms with Crippen LogP contribution in [-0.4, -0.2) is 13.8 Å². The molecule has 0 bridgehead atoms. The Hall–Kier alpha value is -1.73. The molecule has 1 unspecified atom stereocenters. The summed E-state index contributed by atoms with van der Waals surface area (Å²) in [5.74, 6) is 1.58. The number of fused-ring (bicyclic) bond motifs is 1. The minimum absolute atomic E-state index is 0.0667. The van der Waals surface area contributed by atoms with E-state index in [1.165, 1.54) is 0 Å². The minimum atomic E-state index is -0.243. The Bertz CT molecular complexity index is 529. The Morgan fingerprint density at radius 1 is 1.33 bits per heavy atom. The van der Waals surface area contributed by atoms with E-state index in [1.54, 1.807) is 0 Å². The second-order valence-corrected chi connectivity index (χ2v) is 5.05. The summed E-state index contributed by atoms with van der Waals surface area (Å²) in [6.45, 7) is 2.33. The normalized spacial score (nSPS) is 20.3. The second kappa shape index (κ2) is 3.89. The number of ether oxygens (including phenoxy) is 2. The van der Waals surface area contributed by atoms with Crippen molar-refractivity contribution in [3.63, 3.8) is 0 Å².